The van der Waals surface area contributed by atoms with Crippen molar-refractivity contribution in [3.63, 3.8) is 0 Å². The Morgan fingerprint density at radius 2 is 2.21 bits per heavy atom. The van der Waals surface area contributed by atoms with Gasteiger partial charge in [-0.1, -0.05) is 19.3 Å². The third-order valence-electron chi connectivity index (χ3n) is 3.52. The van der Waals surface area contributed by atoms with Crippen LogP contribution >= 0.6 is 15.9 Å². The number of nitrogens with one attached hydrogen (secondary N) is 1. The van der Waals surface area contributed by atoms with E-state index >= 15 is 0 Å². The summed E-state index contributed by atoms with van der Waals surface area (Å²) in [5, 5.41) is 12.0. The molecule has 1 aliphatic carbocycles. The van der Waals surface area contributed by atoms with Crippen LogP contribution in [-0.2, 0) is 0 Å². The van der Waals surface area contributed by atoms with Crippen molar-refractivity contribution in [1.29, 1.82) is 5.26 Å². The number of nitriles is 1. The number of pyridine rings is 1. The molecule has 1 aromatic heterocycles. The van der Waals surface area contributed by atoms with E-state index in [1.807, 2.05) is 0 Å². The van der Waals surface area contributed by atoms with Gasteiger partial charge in [-0.25, -0.2) is 4.98 Å². The highest BCUT2D eigenvalue weighted by Gasteiger charge is 2.26. The Morgan fingerprint density at radius 3 is 2.84 bits per heavy atom. The second kappa shape index (κ2) is 6.67. The van der Waals surface area contributed by atoms with Crippen LogP contribution in [0.15, 0.2) is 22.8 Å². The molecule has 19 heavy (non-hydrogen) atoms. The lowest BCUT2D eigenvalue weighted by Gasteiger charge is -2.26. The molecule has 2 rings (SSSR count). The molecule has 0 aromatic carbocycles. The molecule has 0 saturated heterocycles. The maximum atomic E-state index is 12.1. The first kappa shape index (κ1) is 14.0. The Balaban J connectivity index is 2.04. The van der Waals surface area contributed by atoms with Crippen molar-refractivity contribution in [1.82, 2.24) is 10.3 Å². The predicted molar refractivity (Wildman–Crippen MR) is 75.4 cm³/mol. The summed E-state index contributed by atoms with van der Waals surface area (Å²) in [4.78, 5) is 16.2. The molecule has 5 heteroatoms. The Hall–Kier alpha value is -1.41. The Morgan fingerprint density at radius 1 is 1.47 bits per heavy atom. The molecule has 1 N–H and O–H groups in total. The molecule has 1 heterocycles. The highest BCUT2D eigenvalue weighted by atomic mass is 79.9. The third-order valence-corrected chi connectivity index (χ3v) is 4.16. The van der Waals surface area contributed by atoms with E-state index in [1.165, 1.54) is 6.42 Å². The molecular weight excluding hydrogens is 306 g/mol. The average molecular weight is 322 g/mol. The second-order valence-corrected chi connectivity index (χ2v) is 5.67. The van der Waals surface area contributed by atoms with Gasteiger partial charge in [-0.05, 0) is 46.8 Å². The first-order chi connectivity index (χ1) is 9.22. The molecule has 4 nitrogen and oxygen atoms in total. The number of aromatic nitrogens is 1. The van der Waals surface area contributed by atoms with Crippen LogP contribution in [0.3, 0.4) is 0 Å². The molecular formula is C14H16BrN3O. The number of nitrogens with zero attached hydrogens (tertiary/aromatic N) is 2. The monoisotopic (exact) mass is 321 g/mol. The summed E-state index contributed by atoms with van der Waals surface area (Å²) in [5.41, 5.74) is 0.332. The van der Waals surface area contributed by atoms with E-state index in [9.17, 15) is 10.1 Å². The molecule has 0 bridgehead atoms. The van der Waals surface area contributed by atoms with Crippen molar-refractivity contribution in [2.45, 2.75) is 38.1 Å². The zero-order valence-electron chi connectivity index (χ0n) is 10.6. The van der Waals surface area contributed by atoms with Crippen LogP contribution in [0.2, 0.25) is 0 Å². The average Bonchev–Trinajstić information content (AvgIpc) is 2.46. The summed E-state index contributed by atoms with van der Waals surface area (Å²) in [5.74, 6) is -0.0187. The Bertz CT molecular complexity index is 492. The fourth-order valence-corrected chi connectivity index (χ4v) is 2.92. The van der Waals surface area contributed by atoms with Gasteiger partial charge in [0.05, 0.1) is 6.07 Å². The first-order valence-corrected chi connectivity index (χ1v) is 7.32. The van der Waals surface area contributed by atoms with Gasteiger partial charge in [0.25, 0.3) is 5.91 Å². The van der Waals surface area contributed by atoms with Gasteiger partial charge in [-0.15, -0.1) is 0 Å². The van der Waals surface area contributed by atoms with Gasteiger partial charge < -0.3 is 5.32 Å². The van der Waals surface area contributed by atoms with Gasteiger partial charge in [0.2, 0.25) is 0 Å². The third kappa shape index (κ3) is 3.54. The van der Waals surface area contributed by atoms with Crippen molar-refractivity contribution < 1.29 is 4.79 Å². The fraction of sp³-hybridized carbons (Fsp3) is 0.500. The SMILES string of the molecule is N#CC(NC(=O)c1ncccc1Br)C1CCCCC1. The van der Waals surface area contributed by atoms with Gasteiger partial charge >= 0.3 is 0 Å². The number of carbonyl (C=O) groups is 1. The number of hydrogen-bond donors (Lipinski definition) is 1. The summed E-state index contributed by atoms with van der Waals surface area (Å²) < 4.78 is 0.646. The van der Waals surface area contributed by atoms with E-state index in [-0.39, 0.29) is 11.8 Å². The fourth-order valence-electron chi connectivity index (χ4n) is 2.49. The molecule has 1 aromatic rings. The van der Waals surface area contributed by atoms with Crippen molar-refractivity contribution in [2.24, 2.45) is 5.92 Å². The van der Waals surface area contributed by atoms with E-state index < -0.39 is 6.04 Å². The van der Waals surface area contributed by atoms with Gasteiger partial charge in [0, 0.05) is 10.7 Å². The molecule has 1 fully saturated rings. The lowest BCUT2D eigenvalue weighted by atomic mass is 9.84. The van der Waals surface area contributed by atoms with Gasteiger partial charge in [0.1, 0.15) is 11.7 Å². The van der Waals surface area contributed by atoms with Crippen molar-refractivity contribution >= 4 is 21.8 Å². The van der Waals surface area contributed by atoms with Crippen LogP contribution in [0.5, 0.6) is 0 Å². The zero-order chi connectivity index (χ0) is 13.7. The topological polar surface area (TPSA) is 65.8 Å². The van der Waals surface area contributed by atoms with Crippen molar-refractivity contribution in [2.75, 3.05) is 0 Å². The van der Waals surface area contributed by atoms with Crippen molar-refractivity contribution in [3.05, 3.63) is 28.5 Å². The van der Waals surface area contributed by atoms with E-state index in [1.54, 1.807) is 18.3 Å². The van der Waals surface area contributed by atoms with Crippen LogP contribution in [0, 0.1) is 17.2 Å². The first-order valence-electron chi connectivity index (χ1n) is 6.53. The molecule has 1 aliphatic rings. The number of amides is 1. The van der Waals surface area contributed by atoms with E-state index in [0.717, 1.165) is 25.7 Å². The lowest BCUT2D eigenvalue weighted by molar-refractivity contribution is 0.0923. The summed E-state index contributed by atoms with van der Waals surface area (Å²) in [6.07, 6.45) is 7.12. The summed E-state index contributed by atoms with van der Waals surface area (Å²) in [6, 6.07) is 5.32. The second-order valence-electron chi connectivity index (χ2n) is 4.81. The number of halogens is 1. The summed E-state index contributed by atoms with van der Waals surface area (Å²) in [6.45, 7) is 0. The summed E-state index contributed by atoms with van der Waals surface area (Å²) >= 11 is 3.30. The van der Waals surface area contributed by atoms with Crippen LogP contribution in [0.4, 0.5) is 0 Å². The summed E-state index contributed by atoms with van der Waals surface area (Å²) in [7, 11) is 0. The highest BCUT2D eigenvalue weighted by molar-refractivity contribution is 9.10. The van der Waals surface area contributed by atoms with Gasteiger partial charge in [-0.2, -0.15) is 5.26 Å². The number of rotatable bonds is 3. The maximum Gasteiger partial charge on any atom is 0.272 e. The molecule has 100 valence electrons. The van der Waals surface area contributed by atoms with Crippen LogP contribution in [-0.4, -0.2) is 16.9 Å². The predicted octanol–water partition coefficient (Wildman–Crippen LogP) is 3.05. The minimum absolute atomic E-state index is 0.269. The number of carbonyl (C=O) groups excluding carboxylic acids is 1. The zero-order valence-corrected chi connectivity index (χ0v) is 12.2. The van der Waals surface area contributed by atoms with Crippen molar-refractivity contribution in [3.8, 4) is 6.07 Å². The molecule has 1 saturated carbocycles. The normalized spacial score (nSPS) is 17.5. The van der Waals surface area contributed by atoms with Gasteiger partial charge in [-0.3, -0.25) is 4.79 Å². The molecule has 0 aliphatic heterocycles. The molecule has 1 amide bonds. The minimum atomic E-state index is -0.415. The molecule has 0 radical (unpaired) electrons. The lowest BCUT2D eigenvalue weighted by Crippen LogP contribution is -2.40. The largest absolute Gasteiger partial charge is 0.335 e. The highest BCUT2D eigenvalue weighted by Crippen LogP contribution is 2.26. The molecule has 1 atom stereocenters. The van der Waals surface area contributed by atoms with Crippen LogP contribution in [0.1, 0.15) is 42.6 Å². The smallest absolute Gasteiger partial charge is 0.272 e. The molecule has 1 unspecified atom stereocenters. The van der Waals surface area contributed by atoms with E-state index in [4.69, 9.17) is 0 Å². The van der Waals surface area contributed by atoms with Crippen LogP contribution in [0.25, 0.3) is 0 Å². The standard InChI is InChI=1S/C14H16BrN3O/c15-11-7-4-8-17-13(11)14(19)18-12(9-16)10-5-2-1-3-6-10/h4,7-8,10,12H,1-3,5-6H2,(H,18,19). The number of hydrogen-bond acceptors (Lipinski definition) is 3. The quantitative estimate of drug-likeness (QED) is 0.930. The minimum Gasteiger partial charge on any atom is -0.335 e. The Kier molecular flexibility index (Phi) is 4.92. The maximum absolute atomic E-state index is 12.1. The van der Waals surface area contributed by atoms with E-state index in [0.29, 0.717) is 10.2 Å². The molecule has 0 spiro atoms. The van der Waals surface area contributed by atoms with E-state index in [2.05, 4.69) is 32.3 Å². The van der Waals surface area contributed by atoms with Crippen LogP contribution < -0.4 is 5.32 Å². The van der Waals surface area contributed by atoms with Gasteiger partial charge in [0.15, 0.2) is 0 Å². The Labute approximate surface area is 121 Å².